The first-order chi connectivity index (χ1) is 12.7. The average molecular weight is 375 g/mol. The molecule has 3 heterocycles. The third kappa shape index (κ3) is 4.22. The van der Waals surface area contributed by atoms with Crippen LogP contribution in [0.4, 0.5) is 0 Å². The number of fused-ring (bicyclic) bond motifs is 1. The fourth-order valence-electron chi connectivity index (χ4n) is 4.00. The summed E-state index contributed by atoms with van der Waals surface area (Å²) in [5.74, 6) is 1.61. The van der Waals surface area contributed by atoms with Crippen LogP contribution < -0.4 is 4.74 Å². The molecular weight excluding hydrogens is 348 g/mol. The summed E-state index contributed by atoms with van der Waals surface area (Å²) in [6.45, 7) is 6.24. The van der Waals surface area contributed by atoms with Crippen LogP contribution in [0.2, 0.25) is 5.02 Å². The lowest BCUT2D eigenvalue weighted by Crippen LogP contribution is -2.39. The molecule has 140 valence electrons. The van der Waals surface area contributed by atoms with Crippen LogP contribution in [-0.2, 0) is 19.6 Å². The molecule has 2 aromatic rings. The summed E-state index contributed by atoms with van der Waals surface area (Å²) >= 11 is 6.03. The van der Waals surface area contributed by atoms with E-state index in [4.69, 9.17) is 16.3 Å². The summed E-state index contributed by atoms with van der Waals surface area (Å²) in [5, 5.41) is 8.42. The van der Waals surface area contributed by atoms with E-state index in [0.29, 0.717) is 11.6 Å². The maximum Gasteiger partial charge on any atom is 0.132 e. The summed E-state index contributed by atoms with van der Waals surface area (Å²) in [7, 11) is 2.22. The molecule has 0 radical (unpaired) electrons. The fourth-order valence-corrected chi connectivity index (χ4v) is 4.18. The molecule has 4 rings (SSSR count). The Balaban J connectivity index is 1.36. The lowest BCUT2D eigenvalue weighted by molar-refractivity contribution is 0.151. The molecule has 0 aliphatic carbocycles. The summed E-state index contributed by atoms with van der Waals surface area (Å²) in [4.78, 5) is 5.03. The molecule has 0 atom stereocenters. The van der Waals surface area contributed by atoms with Gasteiger partial charge in [-0.25, -0.2) is 0 Å². The number of benzene rings is 1. The number of likely N-dealkylation sites (tertiary alicyclic amines) is 1. The lowest BCUT2D eigenvalue weighted by atomic mass is 9.95. The van der Waals surface area contributed by atoms with Crippen molar-refractivity contribution >= 4 is 11.6 Å². The Kier molecular flexibility index (Phi) is 5.48. The van der Waals surface area contributed by atoms with Crippen LogP contribution in [0.5, 0.6) is 5.75 Å². The smallest absolute Gasteiger partial charge is 0.132 e. The van der Waals surface area contributed by atoms with E-state index >= 15 is 0 Å². The van der Waals surface area contributed by atoms with E-state index in [2.05, 4.69) is 27.0 Å². The monoisotopic (exact) mass is 374 g/mol. The zero-order chi connectivity index (χ0) is 17.9. The predicted octanol–water partition coefficient (Wildman–Crippen LogP) is 3.34. The number of piperidine rings is 1. The molecule has 2 aliphatic heterocycles. The van der Waals surface area contributed by atoms with Gasteiger partial charge in [-0.15, -0.1) is 0 Å². The van der Waals surface area contributed by atoms with Gasteiger partial charge in [-0.1, -0.05) is 17.7 Å². The Morgan fingerprint density at radius 1 is 1.27 bits per heavy atom. The van der Waals surface area contributed by atoms with Crippen LogP contribution in [-0.4, -0.2) is 53.2 Å². The fraction of sp³-hybridized carbons (Fsp3) is 0.550. The molecule has 0 spiro atoms. The largest absolute Gasteiger partial charge is 0.487 e. The van der Waals surface area contributed by atoms with E-state index in [-0.39, 0.29) is 0 Å². The van der Waals surface area contributed by atoms with Gasteiger partial charge >= 0.3 is 0 Å². The number of nitrogens with one attached hydrogen (secondary N) is 1. The van der Waals surface area contributed by atoms with Gasteiger partial charge in [0, 0.05) is 42.3 Å². The number of halogens is 1. The molecule has 1 N–H and O–H groups in total. The Morgan fingerprint density at radius 3 is 2.92 bits per heavy atom. The Morgan fingerprint density at radius 2 is 2.12 bits per heavy atom. The van der Waals surface area contributed by atoms with E-state index in [1.54, 1.807) is 0 Å². The first-order valence-electron chi connectivity index (χ1n) is 9.51. The van der Waals surface area contributed by atoms with Crippen LogP contribution in [0.25, 0.3) is 0 Å². The minimum Gasteiger partial charge on any atom is -0.487 e. The molecule has 0 bridgehead atoms. The van der Waals surface area contributed by atoms with E-state index in [0.717, 1.165) is 36.9 Å². The van der Waals surface area contributed by atoms with Crippen molar-refractivity contribution in [3.63, 3.8) is 0 Å². The molecule has 5 nitrogen and oxygen atoms in total. The predicted molar refractivity (Wildman–Crippen MR) is 104 cm³/mol. The second kappa shape index (κ2) is 7.99. The highest BCUT2D eigenvalue weighted by Crippen LogP contribution is 2.25. The summed E-state index contributed by atoms with van der Waals surface area (Å²) < 4.78 is 5.90. The SMILES string of the molecule is CN1CCC(CN2CCc3[nH]nc(COc4cccc(Cl)c4)c3C2)CC1. The molecule has 2 aliphatic rings. The van der Waals surface area contributed by atoms with Crippen molar-refractivity contribution < 1.29 is 4.74 Å². The number of H-pyrrole nitrogens is 1. The van der Waals surface area contributed by atoms with E-state index in [1.807, 2.05) is 24.3 Å². The van der Waals surface area contributed by atoms with Gasteiger partial charge in [0.05, 0.1) is 0 Å². The average Bonchev–Trinajstić information content (AvgIpc) is 3.04. The Bertz CT molecular complexity index is 739. The Hall–Kier alpha value is -1.56. The maximum atomic E-state index is 6.03. The second-order valence-electron chi connectivity index (χ2n) is 7.61. The van der Waals surface area contributed by atoms with Crippen LogP contribution in [0, 0.1) is 5.92 Å². The van der Waals surface area contributed by atoms with E-state index in [9.17, 15) is 0 Å². The van der Waals surface area contributed by atoms with Crippen molar-refractivity contribution in [2.45, 2.75) is 32.4 Å². The van der Waals surface area contributed by atoms with Gasteiger partial charge in [-0.3, -0.25) is 10.00 Å². The minimum absolute atomic E-state index is 0.480. The number of nitrogens with zero attached hydrogens (tertiary/aromatic N) is 3. The third-order valence-corrected chi connectivity index (χ3v) is 5.86. The summed E-state index contributed by atoms with van der Waals surface area (Å²) in [6.07, 6.45) is 3.68. The third-order valence-electron chi connectivity index (χ3n) is 5.62. The molecule has 0 amide bonds. The van der Waals surface area contributed by atoms with Gasteiger partial charge in [0.25, 0.3) is 0 Å². The van der Waals surface area contributed by atoms with Crippen molar-refractivity contribution in [3.8, 4) is 5.75 Å². The van der Waals surface area contributed by atoms with Crippen molar-refractivity contribution in [2.24, 2.45) is 5.92 Å². The van der Waals surface area contributed by atoms with Crippen molar-refractivity contribution in [1.29, 1.82) is 0 Å². The number of rotatable bonds is 5. The van der Waals surface area contributed by atoms with Gasteiger partial charge in [0.2, 0.25) is 0 Å². The van der Waals surface area contributed by atoms with Crippen LogP contribution in [0.15, 0.2) is 24.3 Å². The van der Waals surface area contributed by atoms with E-state index < -0.39 is 0 Å². The number of hydrogen-bond donors (Lipinski definition) is 1. The molecular formula is C20H27ClN4O. The first kappa shape index (κ1) is 17.8. The Labute approximate surface area is 160 Å². The number of hydrogen-bond acceptors (Lipinski definition) is 4. The van der Waals surface area contributed by atoms with Crippen molar-refractivity contribution in [2.75, 3.05) is 33.2 Å². The zero-order valence-electron chi connectivity index (χ0n) is 15.4. The molecule has 1 aromatic carbocycles. The molecule has 6 heteroatoms. The normalized spacial score (nSPS) is 19.5. The quantitative estimate of drug-likeness (QED) is 0.871. The first-order valence-corrected chi connectivity index (χ1v) is 9.89. The van der Waals surface area contributed by atoms with Crippen molar-refractivity contribution in [3.05, 3.63) is 46.2 Å². The maximum absolute atomic E-state index is 6.03. The van der Waals surface area contributed by atoms with Crippen LogP contribution >= 0.6 is 11.6 Å². The highest BCUT2D eigenvalue weighted by atomic mass is 35.5. The molecule has 0 unspecified atom stereocenters. The number of ether oxygens (including phenoxy) is 1. The molecule has 0 saturated carbocycles. The highest BCUT2D eigenvalue weighted by molar-refractivity contribution is 6.30. The lowest BCUT2D eigenvalue weighted by Gasteiger charge is -2.34. The molecule has 1 aromatic heterocycles. The highest BCUT2D eigenvalue weighted by Gasteiger charge is 2.25. The summed E-state index contributed by atoms with van der Waals surface area (Å²) in [6, 6.07) is 7.52. The van der Waals surface area contributed by atoms with Gasteiger partial charge in [0.1, 0.15) is 18.1 Å². The van der Waals surface area contributed by atoms with Gasteiger partial charge < -0.3 is 9.64 Å². The topological polar surface area (TPSA) is 44.4 Å². The van der Waals surface area contributed by atoms with Crippen LogP contribution in [0.3, 0.4) is 0 Å². The standard InChI is InChI=1S/C20H27ClN4O/c1-24-8-5-15(6-9-24)12-25-10-7-19-18(13-25)20(23-22-19)14-26-17-4-2-3-16(21)11-17/h2-4,11,15H,5-10,12-14H2,1H3,(H,22,23). The number of aromatic amines is 1. The molecule has 1 fully saturated rings. The van der Waals surface area contributed by atoms with Gasteiger partial charge in [-0.05, 0) is 57.1 Å². The number of aromatic nitrogens is 2. The molecule has 1 saturated heterocycles. The van der Waals surface area contributed by atoms with Crippen molar-refractivity contribution in [1.82, 2.24) is 20.0 Å². The van der Waals surface area contributed by atoms with E-state index in [1.165, 1.54) is 43.7 Å². The minimum atomic E-state index is 0.480. The van der Waals surface area contributed by atoms with Crippen LogP contribution in [0.1, 0.15) is 29.8 Å². The summed E-state index contributed by atoms with van der Waals surface area (Å²) in [5.41, 5.74) is 3.62. The van der Waals surface area contributed by atoms with Gasteiger partial charge in [-0.2, -0.15) is 5.10 Å². The molecule has 26 heavy (non-hydrogen) atoms. The second-order valence-corrected chi connectivity index (χ2v) is 8.04. The zero-order valence-corrected chi connectivity index (χ0v) is 16.1. The van der Waals surface area contributed by atoms with Gasteiger partial charge in [0.15, 0.2) is 0 Å².